The third-order valence-corrected chi connectivity index (χ3v) is 2.80. The van der Waals surface area contributed by atoms with Crippen molar-refractivity contribution < 1.29 is 18.8 Å². The summed E-state index contributed by atoms with van der Waals surface area (Å²) in [6.45, 7) is 2.74. The Morgan fingerprint density at radius 2 is 2.00 bits per heavy atom. The minimum absolute atomic E-state index is 0.134. The van der Waals surface area contributed by atoms with Crippen molar-refractivity contribution in [3.8, 4) is 11.5 Å². The number of fused-ring (bicyclic) bond motifs is 1. The molecule has 2 aromatic rings. The monoisotopic (exact) mass is 245 g/mol. The molecule has 1 aromatic heterocycles. The van der Waals surface area contributed by atoms with E-state index in [0.29, 0.717) is 41.6 Å². The molecule has 0 radical (unpaired) electrons. The van der Waals surface area contributed by atoms with Gasteiger partial charge in [-0.15, -0.1) is 0 Å². The van der Waals surface area contributed by atoms with Crippen LogP contribution in [0, 0.1) is 6.92 Å². The van der Waals surface area contributed by atoms with Crippen molar-refractivity contribution in [2.24, 2.45) is 0 Å². The number of hydrogen-bond acceptors (Lipinski definition) is 5. The van der Waals surface area contributed by atoms with Crippen LogP contribution in [0.25, 0.3) is 0 Å². The Morgan fingerprint density at radius 1 is 1.22 bits per heavy atom. The highest BCUT2D eigenvalue weighted by Crippen LogP contribution is 2.31. The zero-order chi connectivity index (χ0) is 12.5. The fourth-order valence-corrected chi connectivity index (χ4v) is 1.86. The Hall–Kier alpha value is -2.30. The van der Waals surface area contributed by atoms with E-state index >= 15 is 0 Å². The fraction of sp³-hybridized carbons (Fsp3) is 0.231. The second-order valence-electron chi connectivity index (χ2n) is 3.98. The van der Waals surface area contributed by atoms with Gasteiger partial charge in [-0.1, -0.05) is 5.16 Å². The van der Waals surface area contributed by atoms with Crippen LogP contribution in [0.15, 0.2) is 28.9 Å². The summed E-state index contributed by atoms with van der Waals surface area (Å²) >= 11 is 0. The van der Waals surface area contributed by atoms with Crippen molar-refractivity contribution in [3.63, 3.8) is 0 Å². The molecule has 5 nitrogen and oxygen atoms in total. The topological polar surface area (TPSA) is 61.6 Å². The molecular weight excluding hydrogens is 234 g/mol. The van der Waals surface area contributed by atoms with E-state index in [2.05, 4.69) is 5.16 Å². The lowest BCUT2D eigenvalue weighted by molar-refractivity contribution is 0.103. The Morgan fingerprint density at radius 3 is 2.72 bits per heavy atom. The van der Waals surface area contributed by atoms with Gasteiger partial charge in [-0.3, -0.25) is 4.79 Å². The lowest BCUT2D eigenvalue weighted by Crippen LogP contribution is -2.15. The van der Waals surface area contributed by atoms with E-state index in [9.17, 15) is 4.79 Å². The van der Waals surface area contributed by atoms with Crippen LogP contribution >= 0.6 is 0 Å². The van der Waals surface area contributed by atoms with Gasteiger partial charge >= 0.3 is 0 Å². The van der Waals surface area contributed by atoms with E-state index in [1.54, 1.807) is 25.1 Å². The normalized spacial score (nSPS) is 13.4. The first-order valence-electron chi connectivity index (χ1n) is 5.61. The number of carbonyl (C=O) groups is 1. The Kier molecular flexibility index (Phi) is 2.51. The number of benzene rings is 1. The van der Waals surface area contributed by atoms with Gasteiger partial charge in [-0.05, 0) is 25.1 Å². The SMILES string of the molecule is Cc1oncc1C(=O)c1ccc2c(c1)OCCO2. The van der Waals surface area contributed by atoms with Crippen molar-refractivity contribution in [2.45, 2.75) is 6.92 Å². The van der Waals surface area contributed by atoms with Crippen molar-refractivity contribution in [3.05, 3.63) is 41.3 Å². The number of rotatable bonds is 2. The molecule has 3 rings (SSSR count). The average Bonchev–Trinajstić information content (AvgIpc) is 2.83. The minimum atomic E-state index is -0.134. The molecule has 18 heavy (non-hydrogen) atoms. The molecule has 0 spiro atoms. The maximum atomic E-state index is 12.2. The summed E-state index contributed by atoms with van der Waals surface area (Å²) in [5, 5.41) is 3.60. The highest BCUT2D eigenvalue weighted by molar-refractivity contribution is 6.09. The number of ether oxygens (including phenoxy) is 2. The van der Waals surface area contributed by atoms with E-state index in [-0.39, 0.29) is 5.78 Å². The molecule has 0 N–H and O–H groups in total. The lowest BCUT2D eigenvalue weighted by Gasteiger charge is -2.18. The summed E-state index contributed by atoms with van der Waals surface area (Å²) in [7, 11) is 0. The fourth-order valence-electron chi connectivity index (χ4n) is 1.86. The average molecular weight is 245 g/mol. The molecule has 0 fully saturated rings. The van der Waals surface area contributed by atoms with Crippen molar-refractivity contribution in [1.29, 1.82) is 0 Å². The lowest BCUT2D eigenvalue weighted by atomic mass is 10.0. The second kappa shape index (κ2) is 4.18. The van der Waals surface area contributed by atoms with E-state index in [0.717, 1.165) is 0 Å². The molecule has 0 atom stereocenters. The summed E-state index contributed by atoms with van der Waals surface area (Å²) in [6, 6.07) is 5.14. The summed E-state index contributed by atoms with van der Waals surface area (Å²) in [6.07, 6.45) is 1.43. The van der Waals surface area contributed by atoms with E-state index < -0.39 is 0 Å². The molecule has 0 amide bonds. The Labute approximate surface area is 103 Å². The molecule has 1 aliphatic rings. The van der Waals surface area contributed by atoms with Crippen molar-refractivity contribution in [1.82, 2.24) is 5.16 Å². The third-order valence-electron chi connectivity index (χ3n) is 2.80. The molecule has 5 heteroatoms. The van der Waals surface area contributed by atoms with Crippen LogP contribution in [-0.2, 0) is 0 Å². The molecule has 2 heterocycles. The zero-order valence-corrected chi connectivity index (χ0v) is 9.80. The maximum absolute atomic E-state index is 12.2. The van der Waals surface area contributed by atoms with Crippen LogP contribution in [-0.4, -0.2) is 24.2 Å². The summed E-state index contributed by atoms with van der Waals surface area (Å²) in [5.74, 6) is 1.64. The first kappa shape index (κ1) is 10.8. The molecule has 1 aliphatic heterocycles. The predicted molar refractivity (Wildman–Crippen MR) is 62.1 cm³/mol. The molecule has 1 aromatic carbocycles. The van der Waals surface area contributed by atoms with E-state index in [1.807, 2.05) is 0 Å². The second-order valence-corrected chi connectivity index (χ2v) is 3.98. The molecule has 0 bridgehead atoms. The van der Waals surface area contributed by atoms with Gasteiger partial charge in [0, 0.05) is 5.56 Å². The van der Waals surface area contributed by atoms with Crippen LogP contribution in [0.4, 0.5) is 0 Å². The first-order chi connectivity index (χ1) is 8.75. The van der Waals surface area contributed by atoms with Gasteiger partial charge in [0.2, 0.25) is 0 Å². The van der Waals surface area contributed by atoms with Gasteiger partial charge in [-0.2, -0.15) is 0 Å². The molecule has 0 saturated heterocycles. The Bertz CT molecular complexity index is 603. The third kappa shape index (κ3) is 1.73. The van der Waals surface area contributed by atoms with E-state index in [1.165, 1.54) is 6.20 Å². The largest absolute Gasteiger partial charge is 0.486 e. The van der Waals surface area contributed by atoms with Gasteiger partial charge in [-0.25, -0.2) is 0 Å². The molecule has 0 saturated carbocycles. The van der Waals surface area contributed by atoms with Crippen molar-refractivity contribution >= 4 is 5.78 Å². The van der Waals surface area contributed by atoms with E-state index in [4.69, 9.17) is 14.0 Å². The number of aryl methyl sites for hydroxylation is 1. The number of aromatic nitrogens is 1. The van der Waals surface area contributed by atoms with Crippen LogP contribution in [0.1, 0.15) is 21.7 Å². The maximum Gasteiger partial charge on any atom is 0.198 e. The van der Waals surface area contributed by atoms with Crippen LogP contribution in [0.2, 0.25) is 0 Å². The molecular formula is C13H11NO4. The van der Waals surface area contributed by atoms with Gasteiger partial charge < -0.3 is 14.0 Å². The van der Waals surface area contributed by atoms with Gasteiger partial charge in [0.1, 0.15) is 19.0 Å². The predicted octanol–water partition coefficient (Wildman–Crippen LogP) is 1.99. The highest BCUT2D eigenvalue weighted by atomic mass is 16.6. The van der Waals surface area contributed by atoms with Gasteiger partial charge in [0.25, 0.3) is 0 Å². The Balaban J connectivity index is 1.98. The number of hydrogen-bond donors (Lipinski definition) is 0. The van der Waals surface area contributed by atoms with Crippen LogP contribution in [0.3, 0.4) is 0 Å². The number of ketones is 1. The van der Waals surface area contributed by atoms with Crippen molar-refractivity contribution in [2.75, 3.05) is 13.2 Å². The zero-order valence-electron chi connectivity index (χ0n) is 9.80. The quantitative estimate of drug-likeness (QED) is 0.757. The summed E-state index contributed by atoms with van der Waals surface area (Å²) in [5.41, 5.74) is 0.997. The minimum Gasteiger partial charge on any atom is -0.486 e. The van der Waals surface area contributed by atoms with Crippen LogP contribution < -0.4 is 9.47 Å². The highest BCUT2D eigenvalue weighted by Gasteiger charge is 2.18. The first-order valence-corrected chi connectivity index (χ1v) is 5.61. The summed E-state index contributed by atoms with van der Waals surface area (Å²) < 4.78 is 15.7. The number of carbonyl (C=O) groups excluding carboxylic acids is 1. The standard InChI is InChI=1S/C13H11NO4/c1-8-10(7-14-18-8)13(15)9-2-3-11-12(6-9)17-5-4-16-11/h2-3,6-7H,4-5H2,1H3. The molecule has 0 unspecified atom stereocenters. The number of nitrogens with zero attached hydrogens (tertiary/aromatic N) is 1. The smallest absolute Gasteiger partial charge is 0.198 e. The molecule has 92 valence electrons. The van der Waals surface area contributed by atoms with Gasteiger partial charge in [0.15, 0.2) is 17.3 Å². The van der Waals surface area contributed by atoms with Crippen LogP contribution in [0.5, 0.6) is 11.5 Å². The molecule has 0 aliphatic carbocycles. The summed E-state index contributed by atoms with van der Waals surface area (Å²) in [4.78, 5) is 12.2. The van der Waals surface area contributed by atoms with Gasteiger partial charge in [0.05, 0.1) is 11.8 Å².